The molecule has 1 aromatic heterocycles. The molecule has 0 spiro atoms. The molecule has 3 aromatic rings. The van der Waals surface area contributed by atoms with Crippen molar-refractivity contribution in [3.8, 4) is 11.3 Å². The van der Waals surface area contributed by atoms with Crippen molar-refractivity contribution in [3.05, 3.63) is 78.9 Å². The average molecular weight is 516 g/mol. The zero-order valence-corrected chi connectivity index (χ0v) is 19.7. The van der Waals surface area contributed by atoms with Gasteiger partial charge in [-0.25, -0.2) is 4.68 Å². The van der Waals surface area contributed by atoms with Crippen molar-refractivity contribution in [2.75, 3.05) is 39.4 Å². The van der Waals surface area contributed by atoms with Crippen molar-refractivity contribution in [2.45, 2.75) is 0 Å². The highest BCUT2D eigenvalue weighted by Gasteiger charge is 2.13. The highest BCUT2D eigenvalue weighted by Crippen LogP contribution is 2.24. The van der Waals surface area contributed by atoms with Crippen LogP contribution in [0, 0.1) is 10.1 Å². The normalized spacial score (nSPS) is 15.5. The lowest BCUT2D eigenvalue weighted by Crippen LogP contribution is -2.38. The third-order valence-corrected chi connectivity index (χ3v) is 6.38. The van der Waals surface area contributed by atoms with Crippen molar-refractivity contribution in [3.63, 3.8) is 0 Å². The first kappa shape index (κ1) is 22.5. The molecule has 0 bridgehead atoms. The summed E-state index contributed by atoms with van der Waals surface area (Å²) in [7, 11) is 0. The van der Waals surface area contributed by atoms with Crippen LogP contribution in [0.4, 0.5) is 5.69 Å². The molecule has 0 radical (unpaired) electrons. The summed E-state index contributed by atoms with van der Waals surface area (Å²) >= 11 is 4.91. The van der Waals surface area contributed by atoms with Crippen LogP contribution in [0.2, 0.25) is 0 Å². The van der Waals surface area contributed by atoms with E-state index in [2.05, 4.69) is 25.9 Å². The summed E-state index contributed by atoms with van der Waals surface area (Å²) in [6.07, 6.45) is 1.76. The number of halogens is 1. The highest BCUT2D eigenvalue weighted by atomic mass is 79.9. The summed E-state index contributed by atoms with van der Waals surface area (Å²) in [5, 5.41) is 17.8. The van der Waals surface area contributed by atoms with Gasteiger partial charge in [-0.2, -0.15) is 5.10 Å². The van der Waals surface area contributed by atoms with E-state index in [-0.39, 0.29) is 10.6 Å². The fraction of sp³-hybridized carbons (Fsp3) is 0.273. The van der Waals surface area contributed by atoms with Gasteiger partial charge in [0.05, 0.1) is 36.6 Å². The Morgan fingerprint density at radius 2 is 1.97 bits per heavy atom. The molecule has 10 heteroatoms. The maximum atomic E-state index is 11.2. The van der Waals surface area contributed by atoms with E-state index in [9.17, 15) is 10.1 Å². The number of benzene rings is 2. The number of hydrogen-bond donors (Lipinski definition) is 0. The van der Waals surface area contributed by atoms with Gasteiger partial charge in [0.15, 0.2) is 0 Å². The van der Waals surface area contributed by atoms with E-state index < -0.39 is 0 Å². The number of nitro groups is 1. The number of aromatic nitrogens is 1. The summed E-state index contributed by atoms with van der Waals surface area (Å²) in [6.45, 7) is 4.84. The quantitative estimate of drug-likeness (QED) is 0.270. The van der Waals surface area contributed by atoms with Crippen molar-refractivity contribution >= 4 is 39.2 Å². The SMILES string of the molecule is O=[N+]([O-])c1cccc(-c2csc(=NCCN3CCOCC3)n2/N=C/c2ccc(Br)cc2)c1. The first-order chi connectivity index (χ1) is 15.6. The number of non-ortho nitro benzene ring substituents is 1. The number of morpholine rings is 1. The largest absolute Gasteiger partial charge is 0.379 e. The standard InChI is InChI=1S/C22H22BrN5O3S/c23-19-6-4-17(5-7-19)15-25-27-21(18-2-1-3-20(14-18)28(29)30)16-32-22(27)24-8-9-26-10-12-31-13-11-26/h1-7,14-16H,8-13H2/b24-22?,25-15+. The minimum atomic E-state index is -0.390. The van der Waals surface area contributed by atoms with E-state index in [0.717, 1.165) is 58.9 Å². The van der Waals surface area contributed by atoms with Crippen LogP contribution in [0.3, 0.4) is 0 Å². The van der Waals surface area contributed by atoms with Crippen molar-refractivity contribution < 1.29 is 9.66 Å². The van der Waals surface area contributed by atoms with Gasteiger partial charge in [0.25, 0.3) is 5.69 Å². The van der Waals surface area contributed by atoms with Crippen LogP contribution in [-0.4, -0.2) is 60.1 Å². The van der Waals surface area contributed by atoms with Crippen molar-refractivity contribution in [1.29, 1.82) is 0 Å². The maximum absolute atomic E-state index is 11.2. The molecule has 0 amide bonds. The second kappa shape index (κ2) is 10.8. The molecule has 0 N–H and O–H groups in total. The van der Waals surface area contributed by atoms with Crippen LogP contribution in [0.15, 0.2) is 68.5 Å². The van der Waals surface area contributed by atoms with Gasteiger partial charge in [-0.3, -0.25) is 20.0 Å². The molecule has 1 aliphatic rings. The third kappa shape index (κ3) is 5.77. The van der Waals surface area contributed by atoms with Crippen LogP contribution >= 0.6 is 27.3 Å². The van der Waals surface area contributed by atoms with Crippen molar-refractivity contribution in [2.24, 2.45) is 10.1 Å². The Bertz CT molecular complexity index is 1170. The molecule has 32 heavy (non-hydrogen) atoms. The van der Waals surface area contributed by atoms with Crippen LogP contribution in [0.1, 0.15) is 5.56 Å². The Balaban J connectivity index is 1.66. The molecule has 1 saturated heterocycles. The van der Waals surface area contributed by atoms with Gasteiger partial charge < -0.3 is 4.74 Å². The van der Waals surface area contributed by atoms with Gasteiger partial charge in [-0.15, -0.1) is 11.3 Å². The molecule has 166 valence electrons. The molecule has 0 aliphatic carbocycles. The van der Waals surface area contributed by atoms with Gasteiger partial charge in [-0.05, 0) is 17.7 Å². The predicted octanol–water partition coefficient (Wildman–Crippen LogP) is 4.00. The Morgan fingerprint density at radius 1 is 1.19 bits per heavy atom. The number of nitro benzene ring substituents is 1. The molecule has 2 aromatic carbocycles. The molecule has 4 rings (SSSR count). The molecule has 0 atom stereocenters. The number of ether oxygens (including phenoxy) is 1. The first-order valence-electron chi connectivity index (χ1n) is 10.2. The van der Waals surface area contributed by atoms with Crippen LogP contribution < -0.4 is 4.80 Å². The van der Waals surface area contributed by atoms with Crippen molar-refractivity contribution in [1.82, 2.24) is 9.58 Å². The van der Waals surface area contributed by atoms with E-state index in [0.29, 0.717) is 6.54 Å². The van der Waals surface area contributed by atoms with Gasteiger partial charge >= 0.3 is 0 Å². The number of rotatable bonds is 7. The van der Waals surface area contributed by atoms with Crippen LogP contribution in [0.25, 0.3) is 11.3 Å². The molecular formula is C22H22BrN5O3S. The fourth-order valence-electron chi connectivity index (χ4n) is 3.28. The summed E-state index contributed by atoms with van der Waals surface area (Å²) in [5.74, 6) is 0. The number of thiazole rings is 1. The fourth-order valence-corrected chi connectivity index (χ4v) is 4.41. The van der Waals surface area contributed by atoms with Crippen LogP contribution in [0.5, 0.6) is 0 Å². The summed E-state index contributed by atoms with van der Waals surface area (Å²) < 4.78 is 8.15. The Hall–Kier alpha value is -2.66. The molecule has 2 heterocycles. The first-order valence-corrected chi connectivity index (χ1v) is 11.8. The van der Waals surface area contributed by atoms with E-state index in [1.165, 1.54) is 17.4 Å². The van der Waals surface area contributed by atoms with Gasteiger partial charge in [0.2, 0.25) is 4.80 Å². The van der Waals surface area contributed by atoms with Gasteiger partial charge in [0, 0.05) is 47.2 Å². The summed E-state index contributed by atoms with van der Waals surface area (Å²) in [5.41, 5.74) is 2.47. The second-order valence-electron chi connectivity index (χ2n) is 7.15. The molecule has 0 saturated carbocycles. The topological polar surface area (TPSA) is 85.3 Å². The maximum Gasteiger partial charge on any atom is 0.270 e. The lowest BCUT2D eigenvalue weighted by atomic mass is 10.1. The minimum absolute atomic E-state index is 0.0444. The lowest BCUT2D eigenvalue weighted by molar-refractivity contribution is -0.384. The summed E-state index contributed by atoms with van der Waals surface area (Å²) in [4.78, 5) is 18.7. The Morgan fingerprint density at radius 3 is 2.72 bits per heavy atom. The average Bonchev–Trinajstić information content (AvgIpc) is 3.22. The third-order valence-electron chi connectivity index (χ3n) is 5.00. The van der Waals surface area contributed by atoms with E-state index in [1.807, 2.05) is 35.7 Å². The molecule has 1 aliphatic heterocycles. The van der Waals surface area contributed by atoms with E-state index in [4.69, 9.17) is 9.73 Å². The zero-order valence-electron chi connectivity index (χ0n) is 17.3. The Labute approximate surface area is 197 Å². The highest BCUT2D eigenvalue weighted by molar-refractivity contribution is 9.10. The predicted molar refractivity (Wildman–Crippen MR) is 129 cm³/mol. The lowest BCUT2D eigenvalue weighted by Gasteiger charge is -2.25. The smallest absolute Gasteiger partial charge is 0.270 e. The van der Waals surface area contributed by atoms with Gasteiger partial charge in [-0.1, -0.05) is 40.2 Å². The molecule has 0 unspecified atom stereocenters. The Kier molecular flexibility index (Phi) is 7.59. The van der Waals surface area contributed by atoms with Gasteiger partial charge in [0.1, 0.15) is 0 Å². The minimum Gasteiger partial charge on any atom is -0.379 e. The second-order valence-corrected chi connectivity index (χ2v) is 8.91. The monoisotopic (exact) mass is 515 g/mol. The van der Waals surface area contributed by atoms with E-state index in [1.54, 1.807) is 23.0 Å². The van der Waals surface area contributed by atoms with Crippen LogP contribution in [-0.2, 0) is 4.74 Å². The number of hydrogen-bond acceptors (Lipinski definition) is 7. The molecule has 1 fully saturated rings. The molecule has 8 nitrogen and oxygen atoms in total. The molecular weight excluding hydrogens is 494 g/mol. The zero-order chi connectivity index (χ0) is 22.3. The van der Waals surface area contributed by atoms with E-state index >= 15 is 0 Å². The number of nitrogens with zero attached hydrogens (tertiary/aromatic N) is 5. The summed E-state index contributed by atoms with van der Waals surface area (Å²) in [6, 6.07) is 14.4.